The van der Waals surface area contributed by atoms with Gasteiger partial charge in [0.05, 0.1) is 0 Å². The van der Waals surface area contributed by atoms with Gasteiger partial charge in [0.1, 0.15) is 0 Å². The molecule has 1 amide bonds. The van der Waals surface area contributed by atoms with Gasteiger partial charge < -0.3 is 22.9 Å². The first kappa shape index (κ1) is 15.7. The SMILES string of the molecule is CC1(C)CC(NC(=O)C2CC2)CC(C)(C)N1O.[Cl-].[H+]. The van der Waals surface area contributed by atoms with Crippen molar-refractivity contribution in [3.63, 3.8) is 0 Å². The molecule has 2 rings (SSSR count). The first-order valence-electron chi connectivity index (χ1n) is 6.52. The third-order valence-corrected chi connectivity index (χ3v) is 3.93. The summed E-state index contributed by atoms with van der Waals surface area (Å²) in [6.45, 7) is 8.07. The zero-order valence-electron chi connectivity index (χ0n) is 12.7. The van der Waals surface area contributed by atoms with Crippen LogP contribution in [0.5, 0.6) is 0 Å². The second kappa shape index (κ2) is 4.99. The van der Waals surface area contributed by atoms with Crippen molar-refractivity contribution in [2.75, 3.05) is 0 Å². The van der Waals surface area contributed by atoms with Crippen LogP contribution in [0.1, 0.15) is 54.8 Å². The van der Waals surface area contributed by atoms with Gasteiger partial charge in [-0.1, -0.05) is 0 Å². The van der Waals surface area contributed by atoms with Gasteiger partial charge in [-0.3, -0.25) is 4.79 Å². The number of hydrogen-bond donors (Lipinski definition) is 2. The number of piperidine rings is 1. The number of carbonyl (C=O) groups excluding carboxylic acids is 1. The van der Waals surface area contributed by atoms with Crippen molar-refractivity contribution < 1.29 is 23.8 Å². The van der Waals surface area contributed by atoms with Crippen molar-refractivity contribution in [3.8, 4) is 0 Å². The Morgan fingerprint density at radius 1 is 1.22 bits per heavy atom. The molecule has 2 aliphatic rings. The molecule has 0 unspecified atom stereocenters. The number of nitrogens with zero attached hydrogens (tertiary/aromatic N) is 1. The van der Waals surface area contributed by atoms with Crippen LogP contribution in [0, 0.1) is 5.92 Å². The fraction of sp³-hybridized carbons (Fsp3) is 0.923. The lowest BCUT2D eigenvalue weighted by atomic mass is 9.79. The molecule has 2 fully saturated rings. The van der Waals surface area contributed by atoms with E-state index >= 15 is 0 Å². The normalized spacial score (nSPS) is 27.4. The van der Waals surface area contributed by atoms with E-state index in [0.717, 1.165) is 25.7 Å². The van der Waals surface area contributed by atoms with Gasteiger partial charge in [-0.05, 0) is 53.4 Å². The largest absolute Gasteiger partial charge is 1.00 e. The summed E-state index contributed by atoms with van der Waals surface area (Å²) < 4.78 is 0. The average molecular weight is 277 g/mol. The Hall–Kier alpha value is -0.320. The lowest BCUT2D eigenvalue weighted by molar-refractivity contribution is -0.246. The molecule has 1 saturated carbocycles. The van der Waals surface area contributed by atoms with Crippen LogP contribution in [-0.2, 0) is 4.79 Å². The summed E-state index contributed by atoms with van der Waals surface area (Å²) in [5, 5.41) is 14.7. The predicted octanol–water partition coefficient (Wildman–Crippen LogP) is -0.960. The molecule has 2 N–H and O–H groups in total. The zero-order valence-corrected chi connectivity index (χ0v) is 12.4. The Morgan fingerprint density at radius 3 is 2.06 bits per heavy atom. The van der Waals surface area contributed by atoms with Gasteiger partial charge in [0.25, 0.3) is 0 Å². The lowest BCUT2D eigenvalue weighted by Gasteiger charge is -2.51. The number of nitrogens with one attached hydrogen (secondary N) is 1. The van der Waals surface area contributed by atoms with Gasteiger partial charge in [-0.2, -0.15) is 5.06 Å². The van der Waals surface area contributed by atoms with Gasteiger partial charge in [0, 0.05) is 23.0 Å². The van der Waals surface area contributed by atoms with Gasteiger partial charge in [-0.15, -0.1) is 0 Å². The smallest absolute Gasteiger partial charge is 1.00 e. The highest BCUT2D eigenvalue weighted by Crippen LogP contribution is 2.37. The van der Waals surface area contributed by atoms with Crippen molar-refractivity contribution >= 4 is 5.91 Å². The minimum atomic E-state index is -0.288. The van der Waals surface area contributed by atoms with E-state index in [1.165, 1.54) is 5.06 Å². The molecule has 106 valence electrons. The third-order valence-electron chi connectivity index (χ3n) is 3.93. The molecule has 0 aromatic heterocycles. The maximum Gasteiger partial charge on any atom is 1.00 e. The molecule has 1 aliphatic heterocycles. The second-order valence-corrected chi connectivity index (χ2v) is 6.82. The van der Waals surface area contributed by atoms with Gasteiger partial charge >= 0.3 is 1.43 Å². The highest BCUT2D eigenvalue weighted by atomic mass is 35.5. The van der Waals surface area contributed by atoms with Gasteiger partial charge in [0.15, 0.2) is 0 Å². The first-order valence-corrected chi connectivity index (χ1v) is 6.52. The minimum Gasteiger partial charge on any atom is -1.00 e. The molecule has 1 aliphatic carbocycles. The Bertz CT molecular complexity index is 315. The van der Waals surface area contributed by atoms with Crippen molar-refractivity contribution in [3.05, 3.63) is 0 Å². The fourth-order valence-corrected chi connectivity index (χ4v) is 3.04. The average Bonchev–Trinajstić information content (AvgIpc) is 2.95. The van der Waals surface area contributed by atoms with Crippen molar-refractivity contribution in [2.45, 2.75) is 70.5 Å². The van der Waals surface area contributed by atoms with E-state index in [9.17, 15) is 10.0 Å². The Morgan fingerprint density at radius 2 is 1.67 bits per heavy atom. The molecule has 0 bridgehead atoms. The van der Waals surface area contributed by atoms with E-state index in [1.807, 2.05) is 27.7 Å². The topological polar surface area (TPSA) is 52.6 Å². The summed E-state index contributed by atoms with van der Waals surface area (Å²) in [4.78, 5) is 11.8. The number of halogens is 1. The highest BCUT2D eigenvalue weighted by molar-refractivity contribution is 5.81. The monoisotopic (exact) mass is 276 g/mol. The van der Waals surface area contributed by atoms with Crippen LogP contribution in [0.2, 0.25) is 0 Å². The first-order chi connectivity index (χ1) is 7.72. The maximum absolute atomic E-state index is 11.8. The van der Waals surface area contributed by atoms with Crippen LogP contribution in [0.25, 0.3) is 0 Å². The molecule has 1 heterocycles. The van der Waals surface area contributed by atoms with E-state index in [4.69, 9.17) is 0 Å². The Labute approximate surface area is 117 Å². The van der Waals surface area contributed by atoms with E-state index in [-0.39, 0.29) is 42.8 Å². The molecular formula is C13H25ClN2O2. The zero-order chi connectivity index (χ0) is 12.8. The lowest BCUT2D eigenvalue weighted by Crippen LogP contribution is -3.00. The molecule has 5 heteroatoms. The second-order valence-electron chi connectivity index (χ2n) is 6.82. The quantitative estimate of drug-likeness (QED) is 0.683. The summed E-state index contributed by atoms with van der Waals surface area (Å²) in [6.07, 6.45) is 3.67. The van der Waals surface area contributed by atoms with Gasteiger partial charge in [-0.25, -0.2) is 0 Å². The highest BCUT2D eigenvalue weighted by Gasteiger charge is 2.46. The Balaban J connectivity index is 0.00000162. The van der Waals surface area contributed by atoms with Crippen LogP contribution in [0.3, 0.4) is 0 Å². The molecule has 0 radical (unpaired) electrons. The molecule has 0 aromatic carbocycles. The molecule has 0 aromatic rings. The molecular weight excluding hydrogens is 252 g/mol. The van der Waals surface area contributed by atoms with Crippen LogP contribution >= 0.6 is 0 Å². The number of hydrogen-bond acceptors (Lipinski definition) is 3. The summed E-state index contributed by atoms with van der Waals surface area (Å²) in [6, 6.07) is 0.177. The van der Waals surface area contributed by atoms with Crippen LogP contribution in [-0.4, -0.2) is 33.3 Å². The Kier molecular flexibility index (Phi) is 4.36. The molecule has 18 heavy (non-hydrogen) atoms. The van der Waals surface area contributed by atoms with Crippen LogP contribution < -0.4 is 17.7 Å². The summed E-state index contributed by atoms with van der Waals surface area (Å²) >= 11 is 0. The molecule has 0 atom stereocenters. The summed E-state index contributed by atoms with van der Waals surface area (Å²) in [7, 11) is 0. The van der Waals surface area contributed by atoms with E-state index in [0.29, 0.717) is 0 Å². The number of rotatable bonds is 2. The molecule has 1 saturated heterocycles. The maximum atomic E-state index is 11.8. The fourth-order valence-electron chi connectivity index (χ4n) is 3.04. The van der Waals surface area contributed by atoms with E-state index < -0.39 is 0 Å². The van der Waals surface area contributed by atoms with Crippen LogP contribution in [0.15, 0.2) is 0 Å². The van der Waals surface area contributed by atoms with Gasteiger partial charge in [0.2, 0.25) is 5.91 Å². The molecule has 4 nitrogen and oxygen atoms in total. The van der Waals surface area contributed by atoms with E-state index in [2.05, 4.69) is 5.32 Å². The standard InChI is InChI=1S/C13H24N2O2.ClH/c1-12(2)7-10(8-13(3,4)15(12)17)14-11(16)9-5-6-9;/h9-10,17H,5-8H2,1-4H3,(H,14,16);1H. The number of amides is 1. The summed E-state index contributed by atoms with van der Waals surface area (Å²) in [5.74, 6) is 0.460. The number of hydroxylamine groups is 2. The number of carbonyl (C=O) groups is 1. The minimum absolute atomic E-state index is 0. The van der Waals surface area contributed by atoms with E-state index in [1.54, 1.807) is 0 Å². The van der Waals surface area contributed by atoms with Crippen molar-refractivity contribution in [1.82, 2.24) is 10.4 Å². The van der Waals surface area contributed by atoms with Crippen LogP contribution in [0.4, 0.5) is 0 Å². The third kappa shape index (κ3) is 3.16. The predicted molar refractivity (Wildman–Crippen MR) is 66.8 cm³/mol. The van der Waals surface area contributed by atoms with Crippen molar-refractivity contribution in [2.24, 2.45) is 5.92 Å². The summed E-state index contributed by atoms with van der Waals surface area (Å²) in [5.41, 5.74) is -0.577. The van der Waals surface area contributed by atoms with Crippen molar-refractivity contribution in [1.29, 1.82) is 0 Å². The molecule has 0 spiro atoms.